The maximum Gasteiger partial charge on any atom is 0.416 e. The standard InChI is InChI=1S/C16H16F3N3O/c17-16(18,19)12-3-1-11(2-4-12)15(23)14-7-10-22(21-14)13-5-8-20-9-6-13/h1-4,7,10,13,20H,5-6,8-9H2. The molecule has 1 aliphatic rings. The molecule has 0 saturated carbocycles. The molecule has 0 spiro atoms. The van der Waals surface area contributed by atoms with Crippen LogP contribution in [0, 0.1) is 0 Å². The lowest BCUT2D eigenvalue weighted by Crippen LogP contribution is -2.29. The van der Waals surface area contributed by atoms with Crippen molar-refractivity contribution in [2.75, 3.05) is 13.1 Å². The van der Waals surface area contributed by atoms with Gasteiger partial charge in [0.2, 0.25) is 5.78 Å². The van der Waals surface area contributed by atoms with Gasteiger partial charge in [0.1, 0.15) is 5.69 Å². The maximum atomic E-state index is 12.5. The predicted octanol–water partition coefficient (Wildman–Crippen LogP) is 3.06. The van der Waals surface area contributed by atoms with Crippen molar-refractivity contribution in [1.29, 1.82) is 0 Å². The summed E-state index contributed by atoms with van der Waals surface area (Å²) in [5.41, 5.74) is -0.314. The SMILES string of the molecule is O=C(c1ccc(C(F)(F)F)cc1)c1ccn(C2CCNCC2)n1. The average Bonchev–Trinajstić information content (AvgIpc) is 3.04. The minimum Gasteiger partial charge on any atom is -0.317 e. The van der Waals surface area contributed by atoms with Crippen molar-refractivity contribution in [3.05, 3.63) is 53.3 Å². The van der Waals surface area contributed by atoms with E-state index in [1.807, 2.05) is 0 Å². The van der Waals surface area contributed by atoms with Gasteiger partial charge in [-0.1, -0.05) is 12.1 Å². The third-order valence-corrected chi connectivity index (χ3v) is 4.00. The van der Waals surface area contributed by atoms with Crippen LogP contribution in [-0.4, -0.2) is 28.7 Å². The Morgan fingerprint density at radius 1 is 1.13 bits per heavy atom. The highest BCUT2D eigenvalue weighted by Gasteiger charge is 2.30. The zero-order valence-corrected chi connectivity index (χ0v) is 12.3. The number of rotatable bonds is 3. The zero-order chi connectivity index (χ0) is 16.4. The summed E-state index contributed by atoms with van der Waals surface area (Å²) in [6, 6.07) is 6.07. The number of hydrogen-bond acceptors (Lipinski definition) is 3. The van der Waals surface area contributed by atoms with Crippen LogP contribution >= 0.6 is 0 Å². The Bertz CT molecular complexity index is 685. The molecule has 1 aromatic carbocycles. The monoisotopic (exact) mass is 323 g/mol. The lowest BCUT2D eigenvalue weighted by molar-refractivity contribution is -0.137. The molecule has 23 heavy (non-hydrogen) atoms. The summed E-state index contributed by atoms with van der Waals surface area (Å²) in [6.45, 7) is 1.82. The van der Waals surface area contributed by atoms with Crippen molar-refractivity contribution in [3.63, 3.8) is 0 Å². The highest BCUT2D eigenvalue weighted by atomic mass is 19.4. The van der Waals surface area contributed by atoms with Crippen LogP contribution in [0.1, 0.15) is 40.5 Å². The molecule has 7 heteroatoms. The van der Waals surface area contributed by atoms with Crippen LogP contribution in [0.25, 0.3) is 0 Å². The summed E-state index contributed by atoms with van der Waals surface area (Å²) in [7, 11) is 0. The van der Waals surface area contributed by atoms with Crippen LogP contribution in [0.4, 0.5) is 13.2 Å². The fourth-order valence-corrected chi connectivity index (χ4v) is 2.69. The van der Waals surface area contributed by atoms with Gasteiger partial charge in [0, 0.05) is 11.8 Å². The molecular formula is C16H16F3N3O. The van der Waals surface area contributed by atoms with Crippen molar-refractivity contribution in [2.24, 2.45) is 0 Å². The molecule has 1 N–H and O–H groups in total. The number of benzene rings is 1. The molecule has 0 aliphatic carbocycles. The van der Waals surface area contributed by atoms with Crippen LogP contribution in [0.5, 0.6) is 0 Å². The lowest BCUT2D eigenvalue weighted by atomic mass is 10.1. The first kappa shape index (κ1) is 15.7. The first-order valence-corrected chi connectivity index (χ1v) is 7.43. The van der Waals surface area contributed by atoms with Crippen molar-refractivity contribution < 1.29 is 18.0 Å². The molecule has 122 valence electrons. The number of nitrogens with zero attached hydrogens (tertiary/aromatic N) is 2. The van der Waals surface area contributed by atoms with E-state index in [0.29, 0.717) is 0 Å². The summed E-state index contributed by atoms with van der Waals surface area (Å²) in [4.78, 5) is 12.3. The van der Waals surface area contributed by atoms with Gasteiger partial charge in [0.25, 0.3) is 0 Å². The Hall–Kier alpha value is -2.15. The van der Waals surface area contributed by atoms with Crippen molar-refractivity contribution in [3.8, 4) is 0 Å². The van der Waals surface area contributed by atoms with Gasteiger partial charge in [-0.05, 0) is 44.1 Å². The Balaban J connectivity index is 1.76. The normalized spacial score (nSPS) is 16.5. The number of piperidine rings is 1. The number of carbonyl (C=O) groups excluding carboxylic acids is 1. The molecule has 3 rings (SSSR count). The molecule has 1 aliphatic heterocycles. The van der Waals surface area contributed by atoms with Gasteiger partial charge in [0.15, 0.2) is 0 Å². The number of alkyl halides is 3. The first-order valence-electron chi connectivity index (χ1n) is 7.43. The third kappa shape index (κ3) is 3.44. The molecule has 4 nitrogen and oxygen atoms in total. The largest absolute Gasteiger partial charge is 0.416 e. The van der Waals surface area contributed by atoms with Crippen LogP contribution in [0.2, 0.25) is 0 Å². The molecule has 0 amide bonds. The van der Waals surface area contributed by atoms with E-state index in [-0.39, 0.29) is 23.1 Å². The van der Waals surface area contributed by atoms with Gasteiger partial charge in [-0.25, -0.2) is 0 Å². The van der Waals surface area contributed by atoms with E-state index < -0.39 is 11.7 Å². The second kappa shape index (κ2) is 6.16. The molecule has 0 atom stereocenters. The summed E-state index contributed by atoms with van der Waals surface area (Å²) < 4.78 is 39.4. The fourth-order valence-electron chi connectivity index (χ4n) is 2.69. The highest BCUT2D eigenvalue weighted by molar-refractivity contribution is 6.07. The minimum absolute atomic E-state index is 0.202. The second-order valence-corrected chi connectivity index (χ2v) is 5.57. The quantitative estimate of drug-likeness (QED) is 0.883. The summed E-state index contributed by atoms with van der Waals surface area (Å²) >= 11 is 0. The van der Waals surface area contributed by atoms with E-state index in [1.54, 1.807) is 16.9 Å². The lowest BCUT2D eigenvalue weighted by Gasteiger charge is -2.22. The Labute approximate surface area is 131 Å². The summed E-state index contributed by atoms with van der Waals surface area (Å²) in [6.07, 6.45) is -0.767. The van der Waals surface area contributed by atoms with Gasteiger partial charge in [-0.2, -0.15) is 18.3 Å². The molecule has 2 aromatic rings. The number of carbonyl (C=O) groups is 1. The smallest absolute Gasteiger partial charge is 0.317 e. The van der Waals surface area contributed by atoms with Gasteiger partial charge in [-0.3, -0.25) is 9.48 Å². The van der Waals surface area contributed by atoms with Gasteiger partial charge >= 0.3 is 6.18 Å². The fraction of sp³-hybridized carbons (Fsp3) is 0.375. The van der Waals surface area contributed by atoms with Crippen molar-refractivity contribution >= 4 is 5.78 Å². The van der Waals surface area contributed by atoms with Crippen molar-refractivity contribution in [1.82, 2.24) is 15.1 Å². The number of aromatic nitrogens is 2. The molecule has 1 fully saturated rings. The Kier molecular flexibility index (Phi) is 4.21. The topological polar surface area (TPSA) is 46.9 Å². The molecule has 0 unspecified atom stereocenters. The molecule has 1 aromatic heterocycles. The van der Waals surface area contributed by atoms with Crippen LogP contribution in [0.3, 0.4) is 0 Å². The number of halogens is 3. The van der Waals surface area contributed by atoms with Gasteiger partial charge < -0.3 is 5.32 Å². The third-order valence-electron chi connectivity index (χ3n) is 4.00. The highest BCUT2D eigenvalue weighted by Crippen LogP contribution is 2.29. The predicted molar refractivity (Wildman–Crippen MR) is 78.2 cm³/mol. The Morgan fingerprint density at radius 2 is 1.78 bits per heavy atom. The average molecular weight is 323 g/mol. The van der Waals surface area contributed by atoms with E-state index in [1.165, 1.54) is 12.1 Å². The molecule has 2 heterocycles. The maximum absolute atomic E-state index is 12.5. The van der Waals surface area contributed by atoms with Crippen LogP contribution in [-0.2, 0) is 6.18 Å². The Morgan fingerprint density at radius 3 is 2.39 bits per heavy atom. The van der Waals surface area contributed by atoms with E-state index in [9.17, 15) is 18.0 Å². The summed E-state index contributed by atoms with van der Waals surface area (Å²) in [5, 5.41) is 7.56. The van der Waals surface area contributed by atoms with E-state index in [2.05, 4.69) is 10.4 Å². The van der Waals surface area contributed by atoms with E-state index >= 15 is 0 Å². The van der Waals surface area contributed by atoms with Gasteiger partial charge in [-0.15, -0.1) is 0 Å². The minimum atomic E-state index is -4.40. The van der Waals surface area contributed by atoms with Gasteiger partial charge in [0.05, 0.1) is 11.6 Å². The van der Waals surface area contributed by atoms with Crippen molar-refractivity contribution in [2.45, 2.75) is 25.1 Å². The first-order chi connectivity index (χ1) is 10.9. The van der Waals surface area contributed by atoms with Crippen LogP contribution < -0.4 is 5.32 Å². The molecule has 0 bridgehead atoms. The van der Waals surface area contributed by atoms with Crippen LogP contribution in [0.15, 0.2) is 36.5 Å². The van der Waals surface area contributed by atoms with E-state index in [0.717, 1.165) is 38.1 Å². The number of nitrogens with one attached hydrogen (secondary N) is 1. The molecular weight excluding hydrogens is 307 g/mol. The number of ketones is 1. The second-order valence-electron chi connectivity index (χ2n) is 5.57. The summed E-state index contributed by atoms with van der Waals surface area (Å²) in [5.74, 6) is -0.369. The molecule has 1 saturated heterocycles. The number of hydrogen-bond donors (Lipinski definition) is 1. The molecule has 0 radical (unpaired) electrons. The van der Waals surface area contributed by atoms with E-state index in [4.69, 9.17) is 0 Å². The zero-order valence-electron chi connectivity index (χ0n) is 12.3.